The van der Waals surface area contributed by atoms with Crippen molar-refractivity contribution in [2.75, 3.05) is 6.61 Å². The summed E-state index contributed by atoms with van der Waals surface area (Å²) in [5, 5.41) is 72.9. The van der Waals surface area contributed by atoms with Crippen molar-refractivity contribution in [3.63, 3.8) is 0 Å². The maximum absolute atomic E-state index is 13.9. The maximum Gasteiger partial charge on any atom is 0.186 e. The van der Waals surface area contributed by atoms with E-state index in [-0.39, 0.29) is 58.2 Å². The van der Waals surface area contributed by atoms with E-state index < -0.39 is 55.6 Å². The summed E-state index contributed by atoms with van der Waals surface area (Å²) in [6.45, 7) is 9.88. The Morgan fingerprint density at radius 3 is 2.26 bits per heavy atom. The van der Waals surface area contributed by atoms with Crippen LogP contribution >= 0.6 is 0 Å². The van der Waals surface area contributed by atoms with E-state index in [0.29, 0.717) is 38.0 Å². The highest BCUT2D eigenvalue weighted by Gasteiger charge is 2.64. The Labute approximate surface area is 255 Å². The average molecular weight is 613 g/mol. The fourth-order valence-corrected chi connectivity index (χ4v) is 10.7. The molecule has 17 atom stereocenters. The van der Waals surface area contributed by atoms with Crippen LogP contribution in [0.3, 0.4) is 0 Å². The molecule has 0 unspecified atom stereocenters. The molecule has 0 aromatic carbocycles. The summed E-state index contributed by atoms with van der Waals surface area (Å²) in [7, 11) is 0. The Hall–Kier alpha value is -0.690. The van der Waals surface area contributed by atoms with E-state index >= 15 is 0 Å². The minimum Gasteiger partial charge on any atom is -0.394 e. The Balaban J connectivity index is 1.28. The lowest BCUT2D eigenvalue weighted by molar-refractivity contribution is -0.315. The molecular weight excluding hydrogens is 556 g/mol. The van der Waals surface area contributed by atoms with Crippen LogP contribution in [0.25, 0.3) is 0 Å². The summed E-state index contributed by atoms with van der Waals surface area (Å²) in [6.07, 6.45) is -3.73. The fourth-order valence-electron chi connectivity index (χ4n) is 10.7. The van der Waals surface area contributed by atoms with Crippen LogP contribution in [0.15, 0.2) is 0 Å². The summed E-state index contributed by atoms with van der Waals surface area (Å²) < 4.78 is 11.7. The lowest BCUT2D eigenvalue weighted by atomic mass is 9.44. The normalized spacial score (nSPS) is 50.5. The van der Waals surface area contributed by atoms with Crippen molar-refractivity contribution in [2.24, 2.45) is 52.3 Å². The molecule has 10 nitrogen and oxygen atoms in total. The van der Waals surface area contributed by atoms with Crippen molar-refractivity contribution >= 4 is 5.78 Å². The van der Waals surface area contributed by atoms with Crippen molar-refractivity contribution in [1.29, 1.82) is 0 Å². The SMILES string of the molecule is CC(C)[C@H](O)[C@H](O)C[C@@H](C)[C@H]1[C@@H](O)C[C@H]2[C@@H]3CC(=O)[C@H]4C[C@@H](O[C@@H]5O[C@H](CO)[C@@H](O)[C@H](O)[C@H]5O)CC[C@]4(C)[C@H]3CC[C@]12C. The Bertz CT molecular complexity index is 991. The van der Waals surface area contributed by atoms with E-state index in [2.05, 4.69) is 20.8 Å². The minimum atomic E-state index is -1.50. The molecule has 0 spiro atoms. The van der Waals surface area contributed by atoms with Crippen molar-refractivity contribution < 1.29 is 50.0 Å². The van der Waals surface area contributed by atoms with Crippen LogP contribution in [0.1, 0.15) is 86.0 Å². The summed E-state index contributed by atoms with van der Waals surface area (Å²) in [5.74, 6) is 0.745. The molecule has 4 aliphatic carbocycles. The van der Waals surface area contributed by atoms with E-state index in [1.807, 2.05) is 13.8 Å². The third-order valence-electron chi connectivity index (χ3n) is 13.0. The van der Waals surface area contributed by atoms with E-state index in [1.54, 1.807) is 0 Å². The third-order valence-corrected chi connectivity index (χ3v) is 13.0. The number of ether oxygens (including phenoxy) is 2. The Kier molecular flexibility index (Phi) is 9.78. The van der Waals surface area contributed by atoms with Gasteiger partial charge in [-0.1, -0.05) is 34.6 Å². The molecule has 5 fully saturated rings. The largest absolute Gasteiger partial charge is 0.394 e. The van der Waals surface area contributed by atoms with E-state index in [4.69, 9.17) is 9.47 Å². The number of aliphatic hydroxyl groups excluding tert-OH is 7. The zero-order valence-electron chi connectivity index (χ0n) is 26.5. The summed E-state index contributed by atoms with van der Waals surface area (Å²) >= 11 is 0. The lowest BCUT2D eigenvalue weighted by Gasteiger charge is -2.60. The van der Waals surface area contributed by atoms with Crippen LogP contribution in [0.4, 0.5) is 0 Å². The highest BCUT2D eigenvalue weighted by atomic mass is 16.7. The molecule has 248 valence electrons. The van der Waals surface area contributed by atoms with Crippen LogP contribution in [-0.4, -0.2) is 103 Å². The van der Waals surface area contributed by atoms with E-state index in [9.17, 15) is 40.5 Å². The number of hydrogen-bond acceptors (Lipinski definition) is 10. The second-order valence-electron chi connectivity index (χ2n) is 15.7. The quantitative estimate of drug-likeness (QED) is 0.198. The van der Waals surface area contributed by atoms with Gasteiger partial charge in [-0.3, -0.25) is 4.79 Å². The lowest BCUT2D eigenvalue weighted by Crippen LogP contribution is -2.61. The molecule has 0 bridgehead atoms. The zero-order valence-corrected chi connectivity index (χ0v) is 26.5. The molecule has 0 aromatic rings. The van der Waals surface area contributed by atoms with Crippen LogP contribution in [0.5, 0.6) is 0 Å². The van der Waals surface area contributed by atoms with E-state index in [1.165, 1.54) is 0 Å². The molecule has 1 heterocycles. The van der Waals surface area contributed by atoms with Gasteiger partial charge >= 0.3 is 0 Å². The molecule has 4 saturated carbocycles. The topological polar surface area (TPSA) is 177 Å². The van der Waals surface area contributed by atoms with Gasteiger partial charge in [0.05, 0.1) is 31.0 Å². The molecule has 0 aromatic heterocycles. The first-order valence-corrected chi connectivity index (χ1v) is 16.7. The first kappa shape index (κ1) is 33.7. The fraction of sp³-hybridized carbons (Fsp3) is 0.970. The molecular formula is C33H56O10. The smallest absolute Gasteiger partial charge is 0.186 e. The van der Waals surface area contributed by atoms with Crippen LogP contribution in [0, 0.1) is 52.3 Å². The van der Waals surface area contributed by atoms with Gasteiger partial charge in [-0.15, -0.1) is 0 Å². The molecule has 5 rings (SSSR count). The number of fused-ring (bicyclic) bond motifs is 5. The number of rotatable bonds is 8. The van der Waals surface area contributed by atoms with Gasteiger partial charge in [-0.05, 0) is 91.3 Å². The maximum atomic E-state index is 13.9. The summed E-state index contributed by atoms with van der Waals surface area (Å²) in [6, 6.07) is 0. The van der Waals surface area contributed by atoms with Crippen LogP contribution < -0.4 is 0 Å². The van der Waals surface area contributed by atoms with Gasteiger partial charge in [0.25, 0.3) is 0 Å². The molecule has 7 N–H and O–H groups in total. The minimum absolute atomic E-state index is 0.00392. The van der Waals surface area contributed by atoms with Crippen molar-refractivity contribution in [3.05, 3.63) is 0 Å². The molecule has 43 heavy (non-hydrogen) atoms. The molecule has 0 radical (unpaired) electrons. The number of Topliss-reactive ketones (excluding diaryl/α,β-unsaturated/α-hetero) is 1. The number of ketones is 1. The zero-order chi connectivity index (χ0) is 31.6. The second kappa shape index (κ2) is 12.5. The van der Waals surface area contributed by atoms with Crippen molar-refractivity contribution in [1.82, 2.24) is 0 Å². The number of hydrogen-bond donors (Lipinski definition) is 7. The van der Waals surface area contributed by atoms with Gasteiger partial charge in [-0.2, -0.15) is 0 Å². The van der Waals surface area contributed by atoms with Crippen molar-refractivity contribution in [2.45, 2.75) is 141 Å². The Morgan fingerprint density at radius 1 is 0.930 bits per heavy atom. The first-order chi connectivity index (χ1) is 20.1. The van der Waals surface area contributed by atoms with Crippen LogP contribution in [0.2, 0.25) is 0 Å². The summed E-state index contributed by atoms with van der Waals surface area (Å²) in [5.41, 5.74) is -0.349. The number of aliphatic hydroxyl groups is 7. The standard InChI is InChI=1S/C33H56O10/c1-15(2)27(38)24(37)10-16(3)26-23(36)13-20-18-12-22(35)21-11-17(6-8-32(21,4)19(18)7-9-33(20,26)5)42-31-30(41)29(40)28(39)25(14-34)43-31/h15-21,23-31,34,36-41H,6-14H2,1-5H3/t16-,17+,18-,19+,20+,21-,23+,24-,25-,26+,27+,28-,29+,30-,31-,32-,33+/m1/s1. The monoisotopic (exact) mass is 612 g/mol. The predicted octanol–water partition coefficient (Wildman–Crippen LogP) is 1.38. The first-order valence-electron chi connectivity index (χ1n) is 16.7. The highest BCUT2D eigenvalue weighted by molar-refractivity contribution is 5.83. The second-order valence-corrected chi connectivity index (χ2v) is 15.7. The summed E-state index contributed by atoms with van der Waals surface area (Å²) in [4.78, 5) is 13.9. The Morgan fingerprint density at radius 2 is 1.60 bits per heavy atom. The average Bonchev–Trinajstić information content (AvgIpc) is 3.23. The van der Waals surface area contributed by atoms with Crippen LogP contribution in [-0.2, 0) is 14.3 Å². The highest BCUT2D eigenvalue weighted by Crippen LogP contribution is 2.68. The number of carbonyl (C=O) groups excluding carboxylic acids is 1. The van der Waals surface area contributed by atoms with Gasteiger partial charge in [0.1, 0.15) is 30.2 Å². The molecule has 1 saturated heterocycles. The third kappa shape index (κ3) is 5.76. The molecule has 1 aliphatic heterocycles. The van der Waals surface area contributed by atoms with Crippen molar-refractivity contribution in [3.8, 4) is 0 Å². The molecule has 5 aliphatic rings. The van der Waals surface area contributed by atoms with Gasteiger partial charge in [0, 0.05) is 12.3 Å². The van der Waals surface area contributed by atoms with E-state index in [0.717, 1.165) is 19.3 Å². The van der Waals surface area contributed by atoms with Gasteiger partial charge in [0.2, 0.25) is 0 Å². The predicted molar refractivity (Wildman–Crippen MR) is 156 cm³/mol. The van der Waals surface area contributed by atoms with Gasteiger partial charge in [0.15, 0.2) is 6.29 Å². The number of carbonyl (C=O) groups is 1. The van der Waals surface area contributed by atoms with Gasteiger partial charge < -0.3 is 45.2 Å². The molecule has 0 amide bonds. The van der Waals surface area contributed by atoms with Gasteiger partial charge in [-0.25, -0.2) is 0 Å². The molecule has 10 heteroatoms.